The summed E-state index contributed by atoms with van der Waals surface area (Å²) in [6, 6.07) is 0.369. The van der Waals surface area contributed by atoms with E-state index in [4.69, 9.17) is 9.47 Å². The van der Waals surface area contributed by atoms with Crippen LogP contribution in [0.1, 0.15) is 129 Å². The molecule has 1 atom stereocenters. The Morgan fingerprint density at radius 2 is 0.941 bits per heavy atom. The fraction of sp³-hybridized carbons (Fsp3) is 0.871. The van der Waals surface area contributed by atoms with Gasteiger partial charge in [-0.25, -0.2) is 0 Å². The van der Waals surface area contributed by atoms with E-state index in [0.29, 0.717) is 6.04 Å². The van der Waals surface area contributed by atoms with Crippen molar-refractivity contribution in [3.8, 4) is 0 Å². The van der Waals surface area contributed by atoms with Gasteiger partial charge in [0.25, 0.3) is 0 Å². The van der Waals surface area contributed by atoms with Crippen molar-refractivity contribution < 1.29 is 9.47 Å². The lowest BCUT2D eigenvalue weighted by Gasteiger charge is -2.24. The smallest absolute Gasteiger partial charge is 0.0644 e. The van der Waals surface area contributed by atoms with Crippen molar-refractivity contribution in [2.75, 3.05) is 40.5 Å². The van der Waals surface area contributed by atoms with Crippen LogP contribution in [0, 0.1) is 0 Å². The highest BCUT2D eigenvalue weighted by atomic mass is 16.5. The zero-order valence-electron chi connectivity index (χ0n) is 23.7. The lowest BCUT2D eigenvalue weighted by atomic mass is 10.1. The van der Waals surface area contributed by atoms with Gasteiger partial charge < -0.3 is 14.4 Å². The summed E-state index contributed by atoms with van der Waals surface area (Å²) in [4.78, 5) is 2.23. The maximum Gasteiger partial charge on any atom is 0.0644 e. The Kier molecular flexibility index (Phi) is 28.1. The van der Waals surface area contributed by atoms with E-state index in [-0.39, 0.29) is 0 Å². The third-order valence-electron chi connectivity index (χ3n) is 6.48. The minimum absolute atomic E-state index is 0.369. The zero-order chi connectivity index (χ0) is 25.0. The third-order valence-corrected chi connectivity index (χ3v) is 6.48. The maximum atomic E-state index is 5.95. The van der Waals surface area contributed by atoms with E-state index < -0.39 is 0 Å². The number of unbranched alkanes of at least 4 members (excludes halogenated alkanes) is 14. The monoisotopic (exact) mass is 479 g/mol. The van der Waals surface area contributed by atoms with Crippen LogP contribution in [0.4, 0.5) is 0 Å². The minimum Gasteiger partial charge on any atom is -0.380 e. The Balaban J connectivity index is 3.39. The van der Waals surface area contributed by atoms with Crippen molar-refractivity contribution in [1.29, 1.82) is 0 Å². The summed E-state index contributed by atoms with van der Waals surface area (Å²) >= 11 is 0. The van der Waals surface area contributed by atoms with Gasteiger partial charge in [0, 0.05) is 13.2 Å². The number of allylic oxidation sites excluding steroid dienone is 4. The Morgan fingerprint density at radius 3 is 1.44 bits per heavy atom. The second-order valence-corrected chi connectivity index (χ2v) is 10.1. The van der Waals surface area contributed by atoms with Crippen LogP contribution in [0.2, 0.25) is 0 Å². The van der Waals surface area contributed by atoms with Crippen LogP contribution in [0.15, 0.2) is 24.3 Å². The molecule has 0 aliphatic carbocycles. The van der Waals surface area contributed by atoms with Crippen LogP contribution in [-0.4, -0.2) is 51.5 Å². The largest absolute Gasteiger partial charge is 0.380 e. The quantitative estimate of drug-likeness (QED) is 0.0865. The van der Waals surface area contributed by atoms with Gasteiger partial charge in [-0.2, -0.15) is 0 Å². The van der Waals surface area contributed by atoms with Gasteiger partial charge in [0.05, 0.1) is 19.3 Å². The molecule has 0 saturated carbocycles. The Hall–Kier alpha value is -0.640. The van der Waals surface area contributed by atoms with E-state index in [2.05, 4.69) is 57.1 Å². The van der Waals surface area contributed by atoms with Crippen LogP contribution in [0.5, 0.6) is 0 Å². The van der Waals surface area contributed by atoms with Crippen molar-refractivity contribution in [1.82, 2.24) is 4.90 Å². The average Bonchev–Trinajstić information content (AvgIpc) is 2.83. The van der Waals surface area contributed by atoms with Gasteiger partial charge in [0.15, 0.2) is 0 Å². The topological polar surface area (TPSA) is 21.7 Å². The molecule has 0 spiro atoms. The summed E-state index contributed by atoms with van der Waals surface area (Å²) in [6.45, 7) is 7.85. The maximum absolute atomic E-state index is 5.95. The first-order chi connectivity index (χ1) is 16.7. The third kappa shape index (κ3) is 26.0. The molecule has 3 nitrogen and oxygen atoms in total. The molecular formula is C31H61NO2. The molecule has 1 unspecified atom stereocenters. The van der Waals surface area contributed by atoms with Crippen LogP contribution >= 0.6 is 0 Å². The van der Waals surface area contributed by atoms with Crippen molar-refractivity contribution in [2.45, 2.75) is 135 Å². The van der Waals surface area contributed by atoms with E-state index in [1.54, 1.807) is 0 Å². The second-order valence-electron chi connectivity index (χ2n) is 10.1. The molecule has 3 heteroatoms. The van der Waals surface area contributed by atoms with Crippen molar-refractivity contribution >= 4 is 0 Å². The summed E-state index contributed by atoms with van der Waals surface area (Å²) in [5, 5.41) is 0. The first kappa shape index (κ1) is 33.4. The Labute approximate surface area is 214 Å². The van der Waals surface area contributed by atoms with Crippen molar-refractivity contribution in [3.63, 3.8) is 0 Å². The van der Waals surface area contributed by atoms with Crippen molar-refractivity contribution in [3.05, 3.63) is 24.3 Å². The molecule has 0 heterocycles. The number of rotatable bonds is 27. The molecule has 0 rings (SSSR count). The summed E-state index contributed by atoms with van der Waals surface area (Å²) in [5.74, 6) is 0. The Bertz CT molecular complexity index is 433. The summed E-state index contributed by atoms with van der Waals surface area (Å²) in [5.41, 5.74) is 0. The SMILES string of the molecule is CCCCCC=CCC=CCCCCCCCCCCOCC(COCCCCCC)N(C)C. The van der Waals surface area contributed by atoms with Crippen molar-refractivity contribution in [2.24, 2.45) is 0 Å². The second kappa shape index (κ2) is 28.6. The lowest BCUT2D eigenvalue weighted by molar-refractivity contribution is 0.0198. The molecule has 0 radical (unpaired) electrons. The summed E-state index contributed by atoms with van der Waals surface area (Å²) in [7, 11) is 4.25. The number of likely N-dealkylation sites (N-methyl/N-ethyl adjacent to an activating group) is 1. The molecule has 0 N–H and O–H groups in total. The van der Waals surface area contributed by atoms with E-state index >= 15 is 0 Å². The number of nitrogens with zero attached hydrogens (tertiary/aromatic N) is 1. The fourth-order valence-electron chi connectivity index (χ4n) is 3.96. The molecule has 202 valence electrons. The molecule has 0 aromatic rings. The molecular weight excluding hydrogens is 418 g/mol. The minimum atomic E-state index is 0.369. The highest BCUT2D eigenvalue weighted by Gasteiger charge is 2.11. The first-order valence-electron chi connectivity index (χ1n) is 14.8. The van der Waals surface area contributed by atoms with Crippen LogP contribution < -0.4 is 0 Å². The predicted molar refractivity (Wildman–Crippen MR) is 152 cm³/mol. The molecule has 0 fully saturated rings. The number of hydrogen-bond donors (Lipinski definition) is 0. The van der Waals surface area contributed by atoms with E-state index in [0.717, 1.165) is 32.8 Å². The van der Waals surface area contributed by atoms with Gasteiger partial charge in [-0.15, -0.1) is 0 Å². The normalized spacial score (nSPS) is 13.1. The van der Waals surface area contributed by atoms with Crippen LogP contribution in [0.3, 0.4) is 0 Å². The number of hydrogen-bond acceptors (Lipinski definition) is 3. The number of ether oxygens (including phenoxy) is 2. The van der Waals surface area contributed by atoms with E-state index in [1.807, 2.05) is 0 Å². The molecule has 0 amide bonds. The van der Waals surface area contributed by atoms with E-state index in [9.17, 15) is 0 Å². The molecule has 0 bridgehead atoms. The van der Waals surface area contributed by atoms with E-state index in [1.165, 1.54) is 109 Å². The standard InChI is InChI=1S/C31H61NO2/c1-5-7-9-11-12-13-14-15-16-17-18-19-20-21-22-23-24-26-28-34-30-31(32(3)4)29-33-27-25-10-8-6-2/h12-13,15-16,31H,5-11,14,17-30H2,1-4H3. The van der Waals surface area contributed by atoms with Gasteiger partial charge in [0.2, 0.25) is 0 Å². The van der Waals surface area contributed by atoms with Gasteiger partial charge in [-0.1, -0.05) is 109 Å². The first-order valence-corrected chi connectivity index (χ1v) is 14.8. The molecule has 0 aliphatic heterocycles. The summed E-state index contributed by atoms with van der Waals surface area (Å²) in [6.07, 6.45) is 32.8. The highest BCUT2D eigenvalue weighted by Crippen LogP contribution is 2.10. The van der Waals surface area contributed by atoms with Gasteiger partial charge in [-0.3, -0.25) is 0 Å². The molecule has 0 aromatic carbocycles. The van der Waals surface area contributed by atoms with Crippen LogP contribution in [0.25, 0.3) is 0 Å². The molecule has 34 heavy (non-hydrogen) atoms. The molecule has 0 aliphatic rings. The zero-order valence-corrected chi connectivity index (χ0v) is 23.7. The predicted octanol–water partition coefficient (Wildman–Crippen LogP) is 9.12. The van der Waals surface area contributed by atoms with Gasteiger partial charge in [0.1, 0.15) is 0 Å². The summed E-state index contributed by atoms with van der Waals surface area (Å²) < 4.78 is 11.8. The van der Waals surface area contributed by atoms with Crippen LogP contribution in [-0.2, 0) is 9.47 Å². The highest BCUT2D eigenvalue weighted by molar-refractivity contribution is 4.92. The average molecular weight is 480 g/mol. The van der Waals surface area contributed by atoms with Gasteiger partial charge in [-0.05, 0) is 59.0 Å². The van der Waals surface area contributed by atoms with Gasteiger partial charge >= 0.3 is 0 Å². The molecule has 0 saturated heterocycles. The fourth-order valence-corrected chi connectivity index (χ4v) is 3.96. The Morgan fingerprint density at radius 1 is 0.529 bits per heavy atom. The lowest BCUT2D eigenvalue weighted by Crippen LogP contribution is -2.37. The molecule has 0 aromatic heterocycles.